The molecule has 0 spiro atoms. The highest BCUT2D eigenvalue weighted by atomic mass is 16.5. The first-order valence-corrected chi connectivity index (χ1v) is 11.0. The van der Waals surface area contributed by atoms with Crippen molar-refractivity contribution in [3.8, 4) is 5.75 Å². The zero-order valence-electron chi connectivity index (χ0n) is 18.5. The Morgan fingerprint density at radius 1 is 0.906 bits per heavy atom. The molecule has 1 unspecified atom stereocenters. The molecule has 1 aliphatic heterocycles. The molecule has 0 amide bonds. The molecule has 0 radical (unpaired) electrons. The summed E-state index contributed by atoms with van der Waals surface area (Å²) >= 11 is 0. The van der Waals surface area contributed by atoms with E-state index in [1.807, 2.05) is 68.4 Å². The van der Waals surface area contributed by atoms with Crippen molar-refractivity contribution < 1.29 is 19.0 Å². The number of carbonyl (C=O) groups is 1. The zero-order chi connectivity index (χ0) is 22.4. The Kier molecular flexibility index (Phi) is 6.72. The quantitative estimate of drug-likeness (QED) is 0.276. The highest BCUT2D eigenvalue weighted by Gasteiger charge is 2.44. The van der Waals surface area contributed by atoms with Crippen LogP contribution < -0.4 is 4.74 Å². The predicted octanol–water partition coefficient (Wildman–Crippen LogP) is 5.68. The van der Waals surface area contributed by atoms with Crippen molar-refractivity contribution in [2.24, 2.45) is 0 Å². The normalized spacial score (nSPS) is 17.3. The van der Waals surface area contributed by atoms with Crippen LogP contribution in [0.15, 0.2) is 102 Å². The molecule has 1 fully saturated rings. The van der Waals surface area contributed by atoms with E-state index < -0.39 is 12.1 Å². The third kappa shape index (κ3) is 4.46. The van der Waals surface area contributed by atoms with Crippen LogP contribution in [0.1, 0.15) is 31.4 Å². The van der Waals surface area contributed by atoms with E-state index in [1.54, 1.807) is 12.1 Å². The van der Waals surface area contributed by atoms with E-state index in [4.69, 9.17) is 14.2 Å². The lowest BCUT2D eigenvalue weighted by atomic mass is 9.73. The Morgan fingerprint density at radius 2 is 1.44 bits per heavy atom. The van der Waals surface area contributed by atoms with Crippen LogP contribution in [0.3, 0.4) is 0 Å². The van der Waals surface area contributed by atoms with Gasteiger partial charge in [-0.15, -0.1) is 0 Å². The van der Waals surface area contributed by atoms with Crippen LogP contribution >= 0.6 is 0 Å². The molecule has 4 rings (SSSR count). The summed E-state index contributed by atoms with van der Waals surface area (Å²) in [6.45, 7) is 4.71. The smallest absolute Gasteiger partial charge is 0.345 e. The number of hydrogen-bond acceptors (Lipinski definition) is 4. The third-order valence-electron chi connectivity index (χ3n) is 5.91. The van der Waals surface area contributed by atoms with Crippen molar-refractivity contribution >= 4 is 5.97 Å². The second-order valence-corrected chi connectivity index (χ2v) is 7.92. The van der Waals surface area contributed by atoms with Gasteiger partial charge in [0.15, 0.2) is 0 Å². The molecule has 1 atom stereocenters. The summed E-state index contributed by atoms with van der Waals surface area (Å²) < 4.78 is 17.8. The summed E-state index contributed by atoms with van der Waals surface area (Å²) in [5.41, 5.74) is 2.36. The molecular weight excluding hydrogens is 400 g/mol. The van der Waals surface area contributed by atoms with Crippen molar-refractivity contribution in [3.63, 3.8) is 0 Å². The van der Waals surface area contributed by atoms with Gasteiger partial charge in [-0.05, 0) is 37.1 Å². The Balaban J connectivity index is 1.76. The number of benzene rings is 3. The topological polar surface area (TPSA) is 44.8 Å². The van der Waals surface area contributed by atoms with Crippen molar-refractivity contribution in [1.82, 2.24) is 0 Å². The van der Waals surface area contributed by atoms with Crippen molar-refractivity contribution in [2.45, 2.75) is 31.8 Å². The number of ether oxygens (including phenoxy) is 3. The molecule has 0 N–H and O–H groups in total. The third-order valence-corrected chi connectivity index (χ3v) is 5.91. The molecule has 164 valence electrons. The molecule has 32 heavy (non-hydrogen) atoms. The number of rotatable bonds is 7. The standard InChI is InChI=1S/C28H28O4/c1-3-30-21(2)26(27(29)32-24-17-11-6-12-18-24)25-19-28(20-31-25,22-13-7-4-8-14-22)23-15-9-5-10-16-23/h4-18,21H,3,19-20H2,1-2H3/b26-25+. The zero-order valence-corrected chi connectivity index (χ0v) is 18.5. The van der Waals surface area contributed by atoms with Crippen LogP contribution in [-0.4, -0.2) is 25.3 Å². The van der Waals surface area contributed by atoms with Gasteiger partial charge in [0.2, 0.25) is 0 Å². The van der Waals surface area contributed by atoms with Crippen LogP contribution in [0, 0.1) is 0 Å². The molecule has 0 aromatic heterocycles. The maximum Gasteiger partial charge on any atom is 0.345 e. The molecule has 0 bridgehead atoms. The van der Waals surface area contributed by atoms with E-state index in [0.717, 1.165) is 11.1 Å². The lowest BCUT2D eigenvalue weighted by Gasteiger charge is -2.28. The highest BCUT2D eigenvalue weighted by Crippen LogP contribution is 2.45. The number of para-hydroxylation sites is 1. The fourth-order valence-corrected chi connectivity index (χ4v) is 4.30. The molecule has 4 heteroatoms. The maximum absolute atomic E-state index is 13.3. The predicted molar refractivity (Wildman–Crippen MR) is 124 cm³/mol. The summed E-state index contributed by atoms with van der Waals surface area (Å²) in [6, 6.07) is 29.7. The van der Waals surface area contributed by atoms with Crippen LogP contribution in [0.25, 0.3) is 0 Å². The average Bonchev–Trinajstić information content (AvgIpc) is 3.27. The molecule has 0 aliphatic carbocycles. The first kappa shape index (κ1) is 21.8. The first-order valence-electron chi connectivity index (χ1n) is 11.0. The van der Waals surface area contributed by atoms with Gasteiger partial charge in [-0.3, -0.25) is 0 Å². The van der Waals surface area contributed by atoms with Gasteiger partial charge in [-0.2, -0.15) is 0 Å². The van der Waals surface area contributed by atoms with Gasteiger partial charge in [-0.1, -0.05) is 78.9 Å². The van der Waals surface area contributed by atoms with Gasteiger partial charge >= 0.3 is 5.97 Å². The minimum absolute atomic E-state index is 0.387. The number of allylic oxidation sites excluding steroid dienone is 1. The monoisotopic (exact) mass is 428 g/mol. The molecule has 1 heterocycles. The Hall–Kier alpha value is -3.37. The summed E-state index contributed by atoms with van der Waals surface area (Å²) in [6.07, 6.45) is 0.103. The highest BCUT2D eigenvalue weighted by molar-refractivity contribution is 5.92. The van der Waals surface area contributed by atoms with E-state index in [2.05, 4.69) is 24.3 Å². The van der Waals surface area contributed by atoms with Gasteiger partial charge < -0.3 is 14.2 Å². The number of hydrogen-bond donors (Lipinski definition) is 0. The Morgan fingerprint density at radius 3 is 1.97 bits per heavy atom. The summed E-state index contributed by atoms with van der Waals surface area (Å²) in [4.78, 5) is 13.3. The Bertz CT molecular complexity index is 1020. The SMILES string of the molecule is CCOC(C)/C(C(=O)Oc1ccccc1)=C1/CC(c2ccccc2)(c2ccccc2)CO1. The fraction of sp³-hybridized carbons (Fsp3) is 0.250. The molecule has 3 aromatic rings. The van der Waals surface area contributed by atoms with Gasteiger partial charge in [0, 0.05) is 13.0 Å². The lowest BCUT2D eigenvalue weighted by Crippen LogP contribution is -2.28. The lowest BCUT2D eigenvalue weighted by molar-refractivity contribution is -0.131. The van der Waals surface area contributed by atoms with Crippen molar-refractivity contribution in [2.75, 3.05) is 13.2 Å². The number of carbonyl (C=O) groups excluding carboxylic acids is 1. The fourth-order valence-electron chi connectivity index (χ4n) is 4.30. The molecule has 4 nitrogen and oxygen atoms in total. The van der Waals surface area contributed by atoms with Crippen molar-refractivity contribution in [1.29, 1.82) is 0 Å². The van der Waals surface area contributed by atoms with Crippen LogP contribution in [0.4, 0.5) is 0 Å². The van der Waals surface area contributed by atoms with Gasteiger partial charge in [0.1, 0.15) is 23.7 Å². The van der Waals surface area contributed by atoms with E-state index >= 15 is 0 Å². The molecule has 3 aromatic carbocycles. The second kappa shape index (κ2) is 9.84. The van der Waals surface area contributed by atoms with Crippen LogP contribution in [0.2, 0.25) is 0 Å². The minimum atomic E-state index is -0.450. The largest absolute Gasteiger partial charge is 0.496 e. The van der Waals surface area contributed by atoms with E-state index in [9.17, 15) is 4.79 Å². The average molecular weight is 429 g/mol. The number of esters is 1. The van der Waals surface area contributed by atoms with Crippen molar-refractivity contribution in [3.05, 3.63) is 113 Å². The minimum Gasteiger partial charge on any atom is -0.496 e. The molecule has 1 saturated heterocycles. The molecular formula is C28H28O4. The van der Waals surface area contributed by atoms with E-state index in [-0.39, 0.29) is 5.41 Å². The first-order chi connectivity index (χ1) is 15.6. The second-order valence-electron chi connectivity index (χ2n) is 7.92. The van der Waals surface area contributed by atoms with E-state index in [0.29, 0.717) is 36.7 Å². The van der Waals surface area contributed by atoms with Crippen LogP contribution in [0.5, 0.6) is 5.75 Å². The maximum atomic E-state index is 13.3. The molecule has 1 aliphatic rings. The van der Waals surface area contributed by atoms with Gasteiger partial charge in [0.05, 0.1) is 11.5 Å². The van der Waals surface area contributed by atoms with E-state index in [1.165, 1.54) is 0 Å². The van der Waals surface area contributed by atoms with Gasteiger partial charge in [-0.25, -0.2) is 4.79 Å². The van der Waals surface area contributed by atoms with Gasteiger partial charge in [0.25, 0.3) is 0 Å². The molecule has 0 saturated carbocycles. The van der Waals surface area contributed by atoms with Crippen LogP contribution in [-0.2, 0) is 19.7 Å². The summed E-state index contributed by atoms with van der Waals surface area (Å²) in [5, 5.41) is 0. The summed E-state index contributed by atoms with van der Waals surface area (Å²) in [5.74, 6) is 0.679. The summed E-state index contributed by atoms with van der Waals surface area (Å²) in [7, 11) is 0. The Labute approximate surface area is 189 Å².